The van der Waals surface area contributed by atoms with Gasteiger partial charge in [0.1, 0.15) is 17.7 Å². The molecule has 0 fully saturated rings. The Hall–Kier alpha value is -1.45. The first-order chi connectivity index (χ1) is 8.08. The van der Waals surface area contributed by atoms with E-state index in [0.717, 1.165) is 18.2 Å². The first-order valence-corrected chi connectivity index (χ1v) is 5.34. The van der Waals surface area contributed by atoms with Crippen molar-refractivity contribution in [3.05, 3.63) is 70.2 Å². The lowest BCUT2D eigenvalue weighted by Gasteiger charge is -2.12. The minimum atomic E-state index is -1.21. The van der Waals surface area contributed by atoms with Gasteiger partial charge in [0.25, 0.3) is 0 Å². The first-order valence-electron chi connectivity index (χ1n) is 4.96. The van der Waals surface area contributed by atoms with Crippen LogP contribution in [0.4, 0.5) is 8.78 Å². The predicted molar refractivity (Wildman–Crippen MR) is 61.9 cm³/mol. The van der Waals surface area contributed by atoms with Gasteiger partial charge in [-0.3, -0.25) is 0 Å². The second-order valence-electron chi connectivity index (χ2n) is 3.62. The second-order valence-corrected chi connectivity index (χ2v) is 4.06. The van der Waals surface area contributed by atoms with E-state index >= 15 is 0 Å². The van der Waals surface area contributed by atoms with Crippen molar-refractivity contribution in [2.45, 2.75) is 6.10 Å². The van der Waals surface area contributed by atoms with Crippen LogP contribution in [0.3, 0.4) is 0 Å². The van der Waals surface area contributed by atoms with Crippen molar-refractivity contribution in [1.29, 1.82) is 0 Å². The second kappa shape index (κ2) is 4.82. The quantitative estimate of drug-likeness (QED) is 0.866. The van der Waals surface area contributed by atoms with E-state index in [1.54, 1.807) is 24.3 Å². The first kappa shape index (κ1) is 12.0. The number of rotatable bonds is 2. The van der Waals surface area contributed by atoms with Crippen molar-refractivity contribution in [2.75, 3.05) is 0 Å². The third-order valence-corrected chi connectivity index (χ3v) is 2.69. The summed E-state index contributed by atoms with van der Waals surface area (Å²) in [5.41, 5.74) is 0.367. The fraction of sp³-hybridized carbons (Fsp3) is 0.0769. The van der Waals surface area contributed by atoms with Crippen LogP contribution in [0.25, 0.3) is 0 Å². The van der Waals surface area contributed by atoms with Crippen molar-refractivity contribution in [3.63, 3.8) is 0 Å². The molecule has 1 unspecified atom stereocenters. The molecule has 0 aliphatic rings. The monoisotopic (exact) mass is 254 g/mol. The van der Waals surface area contributed by atoms with Gasteiger partial charge in [-0.05, 0) is 35.9 Å². The summed E-state index contributed by atoms with van der Waals surface area (Å²) in [7, 11) is 0. The summed E-state index contributed by atoms with van der Waals surface area (Å²) in [6.45, 7) is 0. The molecule has 0 heterocycles. The summed E-state index contributed by atoms with van der Waals surface area (Å²) in [4.78, 5) is 0. The topological polar surface area (TPSA) is 20.2 Å². The standard InChI is InChI=1S/C13H9ClF2O/c14-9-3-1-8(2-4-9)13(17)11-7-10(15)5-6-12(11)16/h1-7,13,17H. The minimum Gasteiger partial charge on any atom is -0.384 e. The Bertz CT molecular complexity index is 525. The molecule has 2 aromatic rings. The molecule has 0 radical (unpaired) electrons. The van der Waals surface area contributed by atoms with E-state index in [2.05, 4.69) is 0 Å². The maximum atomic E-state index is 13.4. The summed E-state index contributed by atoms with van der Waals surface area (Å²) in [5.74, 6) is -1.23. The molecular weight excluding hydrogens is 246 g/mol. The van der Waals surface area contributed by atoms with Gasteiger partial charge in [-0.25, -0.2) is 8.78 Å². The van der Waals surface area contributed by atoms with E-state index in [0.29, 0.717) is 10.6 Å². The van der Waals surface area contributed by atoms with Crippen molar-refractivity contribution in [1.82, 2.24) is 0 Å². The van der Waals surface area contributed by atoms with Gasteiger partial charge in [-0.2, -0.15) is 0 Å². The van der Waals surface area contributed by atoms with Crippen LogP contribution in [0, 0.1) is 11.6 Å². The molecule has 0 aromatic heterocycles. The van der Waals surface area contributed by atoms with Crippen LogP contribution < -0.4 is 0 Å². The highest BCUT2D eigenvalue weighted by molar-refractivity contribution is 6.30. The van der Waals surface area contributed by atoms with Crippen molar-refractivity contribution < 1.29 is 13.9 Å². The van der Waals surface area contributed by atoms with Crippen LogP contribution in [0.2, 0.25) is 5.02 Å². The predicted octanol–water partition coefficient (Wildman–Crippen LogP) is 3.70. The van der Waals surface area contributed by atoms with Crippen molar-refractivity contribution in [3.8, 4) is 0 Å². The molecule has 17 heavy (non-hydrogen) atoms. The molecule has 0 amide bonds. The number of halogens is 3. The highest BCUT2D eigenvalue weighted by atomic mass is 35.5. The van der Waals surface area contributed by atoms with Gasteiger partial charge in [0.2, 0.25) is 0 Å². The Balaban J connectivity index is 2.39. The van der Waals surface area contributed by atoms with Crippen LogP contribution in [-0.2, 0) is 0 Å². The van der Waals surface area contributed by atoms with Gasteiger partial charge < -0.3 is 5.11 Å². The van der Waals surface area contributed by atoms with Gasteiger partial charge in [-0.1, -0.05) is 23.7 Å². The Morgan fingerprint density at radius 1 is 1.00 bits per heavy atom. The van der Waals surface area contributed by atoms with Crippen LogP contribution in [0.5, 0.6) is 0 Å². The summed E-state index contributed by atoms with van der Waals surface area (Å²) in [5, 5.41) is 10.5. The summed E-state index contributed by atoms with van der Waals surface area (Å²) >= 11 is 5.70. The van der Waals surface area contributed by atoms with E-state index in [9.17, 15) is 13.9 Å². The molecule has 2 rings (SSSR count). The number of hydrogen-bond donors (Lipinski definition) is 1. The maximum Gasteiger partial charge on any atom is 0.129 e. The molecule has 2 aromatic carbocycles. The number of aliphatic hydroxyl groups excluding tert-OH is 1. The SMILES string of the molecule is OC(c1ccc(Cl)cc1)c1cc(F)ccc1F. The Kier molecular flexibility index (Phi) is 3.41. The van der Waals surface area contributed by atoms with Crippen LogP contribution in [0.15, 0.2) is 42.5 Å². The lowest BCUT2D eigenvalue weighted by atomic mass is 10.0. The van der Waals surface area contributed by atoms with E-state index in [1.165, 1.54) is 0 Å². The Morgan fingerprint density at radius 3 is 2.29 bits per heavy atom. The molecule has 1 nitrogen and oxygen atoms in total. The van der Waals surface area contributed by atoms with E-state index in [4.69, 9.17) is 11.6 Å². The zero-order valence-corrected chi connectivity index (χ0v) is 9.46. The van der Waals surface area contributed by atoms with Gasteiger partial charge in [0.05, 0.1) is 0 Å². The highest BCUT2D eigenvalue weighted by Gasteiger charge is 2.15. The summed E-state index contributed by atoms with van der Waals surface area (Å²) in [6.07, 6.45) is -1.21. The van der Waals surface area contributed by atoms with Gasteiger partial charge >= 0.3 is 0 Å². The average molecular weight is 255 g/mol. The molecule has 0 aliphatic carbocycles. The normalized spacial score (nSPS) is 12.5. The molecule has 0 aliphatic heterocycles. The molecule has 0 spiro atoms. The zero-order valence-electron chi connectivity index (χ0n) is 8.70. The molecule has 0 bridgehead atoms. The third-order valence-electron chi connectivity index (χ3n) is 2.44. The lowest BCUT2D eigenvalue weighted by molar-refractivity contribution is 0.214. The minimum absolute atomic E-state index is 0.0904. The maximum absolute atomic E-state index is 13.4. The van der Waals surface area contributed by atoms with Crippen molar-refractivity contribution in [2.24, 2.45) is 0 Å². The van der Waals surface area contributed by atoms with Gasteiger partial charge in [0, 0.05) is 10.6 Å². The van der Waals surface area contributed by atoms with Crippen LogP contribution in [0.1, 0.15) is 17.2 Å². The average Bonchev–Trinajstić information content (AvgIpc) is 2.32. The summed E-state index contributed by atoms with van der Waals surface area (Å²) in [6, 6.07) is 9.27. The van der Waals surface area contributed by atoms with Crippen LogP contribution >= 0.6 is 11.6 Å². The molecule has 1 atom stereocenters. The largest absolute Gasteiger partial charge is 0.384 e. The van der Waals surface area contributed by atoms with E-state index in [-0.39, 0.29) is 5.56 Å². The smallest absolute Gasteiger partial charge is 0.129 e. The number of hydrogen-bond acceptors (Lipinski definition) is 1. The number of benzene rings is 2. The molecular formula is C13H9ClF2O. The fourth-order valence-corrected chi connectivity index (χ4v) is 1.67. The lowest BCUT2D eigenvalue weighted by Crippen LogP contribution is -2.03. The Morgan fingerprint density at radius 2 is 1.65 bits per heavy atom. The molecule has 0 saturated heterocycles. The zero-order chi connectivity index (χ0) is 12.4. The van der Waals surface area contributed by atoms with E-state index < -0.39 is 17.7 Å². The van der Waals surface area contributed by atoms with Gasteiger partial charge in [-0.15, -0.1) is 0 Å². The van der Waals surface area contributed by atoms with Gasteiger partial charge in [0.15, 0.2) is 0 Å². The molecule has 0 saturated carbocycles. The van der Waals surface area contributed by atoms with Crippen LogP contribution in [-0.4, -0.2) is 5.11 Å². The summed E-state index contributed by atoms with van der Waals surface area (Å²) < 4.78 is 26.4. The molecule has 4 heteroatoms. The molecule has 1 N–H and O–H groups in total. The number of aliphatic hydroxyl groups is 1. The fourth-order valence-electron chi connectivity index (χ4n) is 1.55. The highest BCUT2D eigenvalue weighted by Crippen LogP contribution is 2.25. The van der Waals surface area contributed by atoms with E-state index in [1.807, 2.05) is 0 Å². The Labute approximate surface area is 102 Å². The third kappa shape index (κ3) is 2.62. The molecule has 88 valence electrons. The van der Waals surface area contributed by atoms with Crippen molar-refractivity contribution >= 4 is 11.6 Å².